The first kappa shape index (κ1) is 30.8. The summed E-state index contributed by atoms with van der Waals surface area (Å²) >= 11 is 0. The lowest BCUT2D eigenvalue weighted by molar-refractivity contribution is 0.0309. The number of carbonyl (C=O) groups is 3. The molecule has 2 aliphatic carbocycles. The Morgan fingerprint density at radius 3 is 1.67 bits per heavy atom. The minimum absolute atomic E-state index is 0.00719. The van der Waals surface area contributed by atoms with Crippen LogP contribution in [0.15, 0.2) is 18.2 Å². The van der Waals surface area contributed by atoms with Crippen LogP contribution in [0.1, 0.15) is 127 Å². The Hall–Kier alpha value is -2.77. The first-order chi connectivity index (χ1) is 18.9. The van der Waals surface area contributed by atoms with Crippen LogP contribution in [0, 0.1) is 11.8 Å². The normalized spacial score (nSPS) is 23.0. The highest BCUT2D eigenvalue weighted by Gasteiger charge is 2.27. The molecule has 3 rings (SSSR count). The second-order valence-electron chi connectivity index (χ2n) is 11.2. The minimum Gasteiger partial charge on any atom is -0.478 e. The lowest BCUT2D eigenvalue weighted by Crippen LogP contribution is -2.26. The van der Waals surface area contributed by atoms with Crippen molar-refractivity contribution in [2.75, 3.05) is 0 Å². The molecule has 1 aromatic carbocycles. The van der Waals surface area contributed by atoms with Gasteiger partial charge >= 0.3 is 18.3 Å². The third-order valence-corrected chi connectivity index (χ3v) is 8.12. The van der Waals surface area contributed by atoms with Crippen molar-refractivity contribution < 1.29 is 38.4 Å². The number of rotatable bonds is 13. The third-order valence-electron chi connectivity index (χ3n) is 8.12. The van der Waals surface area contributed by atoms with Crippen molar-refractivity contribution >= 4 is 18.3 Å². The molecule has 0 heterocycles. The summed E-state index contributed by atoms with van der Waals surface area (Å²) in [4.78, 5) is 36.5. The number of benzene rings is 1. The van der Waals surface area contributed by atoms with Crippen LogP contribution in [0.4, 0.5) is 9.59 Å². The molecule has 8 heteroatoms. The van der Waals surface area contributed by atoms with Gasteiger partial charge in [-0.25, -0.2) is 14.4 Å². The Balaban J connectivity index is 1.44. The largest absolute Gasteiger partial charge is 0.514 e. The van der Waals surface area contributed by atoms with Crippen molar-refractivity contribution in [3.63, 3.8) is 0 Å². The van der Waals surface area contributed by atoms with Crippen molar-refractivity contribution in [2.45, 2.75) is 129 Å². The second kappa shape index (κ2) is 16.4. The summed E-state index contributed by atoms with van der Waals surface area (Å²) in [6.45, 7) is 4.40. The van der Waals surface area contributed by atoms with Gasteiger partial charge in [-0.2, -0.15) is 0 Å². The second-order valence-corrected chi connectivity index (χ2v) is 11.2. The molecule has 0 aromatic heterocycles. The maximum Gasteiger partial charge on any atom is 0.514 e. The van der Waals surface area contributed by atoms with Gasteiger partial charge in [0.25, 0.3) is 0 Å². The maximum atomic E-state index is 12.4. The first-order valence-corrected chi connectivity index (χ1v) is 15.0. The highest BCUT2D eigenvalue weighted by molar-refractivity contribution is 5.92. The summed E-state index contributed by atoms with van der Waals surface area (Å²) < 4.78 is 21.4. The lowest BCUT2D eigenvalue weighted by atomic mass is 9.84. The number of unbranched alkanes of at least 4 members (excludes halogenated alkanes) is 4. The molecule has 0 bridgehead atoms. The van der Waals surface area contributed by atoms with Gasteiger partial charge in [0.05, 0.1) is 0 Å². The van der Waals surface area contributed by atoms with Crippen molar-refractivity contribution in [1.29, 1.82) is 0 Å². The molecule has 8 nitrogen and oxygen atoms in total. The van der Waals surface area contributed by atoms with Crippen LogP contribution in [-0.2, 0) is 9.47 Å². The molecule has 39 heavy (non-hydrogen) atoms. The molecule has 218 valence electrons. The van der Waals surface area contributed by atoms with Gasteiger partial charge in [0.15, 0.2) is 0 Å². The number of carboxylic acids is 1. The zero-order valence-corrected chi connectivity index (χ0v) is 23.7. The summed E-state index contributed by atoms with van der Waals surface area (Å²) in [7, 11) is 0. The number of hydrogen-bond acceptors (Lipinski definition) is 7. The van der Waals surface area contributed by atoms with Crippen molar-refractivity contribution in [1.82, 2.24) is 0 Å². The third kappa shape index (κ3) is 10.7. The summed E-state index contributed by atoms with van der Waals surface area (Å²) in [5.41, 5.74) is -0.301. The van der Waals surface area contributed by atoms with Crippen LogP contribution < -0.4 is 9.47 Å². The minimum atomic E-state index is -1.31. The average molecular weight is 547 g/mol. The van der Waals surface area contributed by atoms with E-state index >= 15 is 0 Å². The molecular weight excluding hydrogens is 500 g/mol. The van der Waals surface area contributed by atoms with E-state index in [-0.39, 0.29) is 29.3 Å². The number of carbonyl (C=O) groups excluding carboxylic acids is 2. The highest BCUT2D eigenvalue weighted by Crippen LogP contribution is 2.32. The van der Waals surface area contributed by atoms with Gasteiger partial charge in [0.2, 0.25) is 0 Å². The highest BCUT2D eigenvalue weighted by atomic mass is 16.7. The monoisotopic (exact) mass is 546 g/mol. The fourth-order valence-corrected chi connectivity index (χ4v) is 5.78. The van der Waals surface area contributed by atoms with E-state index in [1.807, 2.05) is 0 Å². The van der Waals surface area contributed by atoms with Gasteiger partial charge in [-0.1, -0.05) is 65.2 Å². The fourth-order valence-electron chi connectivity index (χ4n) is 5.78. The van der Waals surface area contributed by atoms with Gasteiger partial charge in [-0.15, -0.1) is 0 Å². The van der Waals surface area contributed by atoms with Crippen LogP contribution in [-0.4, -0.2) is 35.6 Å². The average Bonchev–Trinajstić information content (AvgIpc) is 2.91. The summed E-state index contributed by atoms with van der Waals surface area (Å²) in [6.07, 6.45) is 14.9. The molecule has 1 N–H and O–H groups in total. The van der Waals surface area contributed by atoms with E-state index < -0.39 is 18.3 Å². The molecular formula is C31H46O8. The maximum absolute atomic E-state index is 12.4. The molecule has 2 aliphatic rings. The molecule has 1 aromatic rings. The molecule has 2 saturated carbocycles. The quantitative estimate of drug-likeness (QED) is 0.149. The molecule has 0 saturated heterocycles. The van der Waals surface area contributed by atoms with E-state index in [1.54, 1.807) is 0 Å². The van der Waals surface area contributed by atoms with E-state index in [0.717, 1.165) is 57.4 Å². The molecule has 0 spiro atoms. The molecule has 0 aliphatic heterocycles. The predicted octanol–water partition coefficient (Wildman–Crippen LogP) is 8.69. The van der Waals surface area contributed by atoms with Crippen molar-refractivity contribution in [3.8, 4) is 11.5 Å². The van der Waals surface area contributed by atoms with E-state index in [1.165, 1.54) is 63.5 Å². The van der Waals surface area contributed by atoms with E-state index in [2.05, 4.69) is 13.8 Å². The molecule has 2 fully saturated rings. The SMILES string of the molecule is CCCCCC1CCC(OC(=O)Oc2ccc(OC(=O)OC3CCC(CCCCC)CC3)c(C(=O)O)c2)CC1. The zero-order valence-electron chi connectivity index (χ0n) is 23.7. The van der Waals surface area contributed by atoms with Crippen LogP contribution in [0.25, 0.3) is 0 Å². The number of carboxylic acid groups (broad SMARTS) is 1. The fraction of sp³-hybridized carbons (Fsp3) is 0.710. The van der Waals surface area contributed by atoms with Crippen LogP contribution in [0.5, 0.6) is 11.5 Å². The Morgan fingerprint density at radius 2 is 1.21 bits per heavy atom. The van der Waals surface area contributed by atoms with Crippen molar-refractivity contribution in [2.24, 2.45) is 11.8 Å². The Bertz CT molecular complexity index is 913. The number of hydrogen-bond donors (Lipinski definition) is 1. The predicted molar refractivity (Wildman–Crippen MR) is 147 cm³/mol. The molecule has 0 amide bonds. The summed E-state index contributed by atoms with van der Waals surface area (Å²) in [6, 6.07) is 3.82. The topological polar surface area (TPSA) is 108 Å². The first-order valence-electron chi connectivity index (χ1n) is 15.0. The Morgan fingerprint density at radius 1 is 0.718 bits per heavy atom. The van der Waals surface area contributed by atoms with Gasteiger partial charge < -0.3 is 24.1 Å². The Labute approximate surface area is 232 Å². The van der Waals surface area contributed by atoms with Gasteiger partial charge in [0.1, 0.15) is 29.3 Å². The number of aromatic carboxylic acids is 1. The van der Waals surface area contributed by atoms with Gasteiger partial charge in [-0.3, -0.25) is 0 Å². The zero-order chi connectivity index (χ0) is 28.0. The summed E-state index contributed by atoms with van der Waals surface area (Å²) in [5.74, 6) is -0.104. The van der Waals surface area contributed by atoms with Gasteiger partial charge in [-0.05, 0) is 81.4 Å². The van der Waals surface area contributed by atoms with Crippen LogP contribution >= 0.6 is 0 Å². The molecule has 0 unspecified atom stereocenters. The van der Waals surface area contributed by atoms with Gasteiger partial charge in [0, 0.05) is 0 Å². The molecule has 0 atom stereocenters. The van der Waals surface area contributed by atoms with Crippen LogP contribution in [0.3, 0.4) is 0 Å². The summed E-state index contributed by atoms with van der Waals surface area (Å²) in [5, 5.41) is 9.64. The Kier molecular flexibility index (Phi) is 12.9. The molecule has 0 radical (unpaired) electrons. The van der Waals surface area contributed by atoms with E-state index in [4.69, 9.17) is 18.9 Å². The van der Waals surface area contributed by atoms with Crippen LogP contribution in [0.2, 0.25) is 0 Å². The van der Waals surface area contributed by atoms with Crippen molar-refractivity contribution in [3.05, 3.63) is 23.8 Å². The van der Waals surface area contributed by atoms with E-state index in [0.29, 0.717) is 11.8 Å². The lowest BCUT2D eigenvalue weighted by Gasteiger charge is -2.28. The smallest absolute Gasteiger partial charge is 0.478 e. The number of ether oxygens (including phenoxy) is 4. The van der Waals surface area contributed by atoms with E-state index in [9.17, 15) is 19.5 Å². The standard InChI is InChI=1S/C31H46O8/c1-3-5-7-9-22-11-15-24(16-12-22)36-30(34)38-26-19-20-28(27(21-26)29(32)33)39-31(35)37-25-17-13-23(14-18-25)10-8-6-4-2/h19-25H,3-18H2,1-2H3,(H,32,33).